The summed E-state index contributed by atoms with van der Waals surface area (Å²) in [5.41, 5.74) is 28.0. The van der Waals surface area contributed by atoms with E-state index in [4.69, 9.17) is 15.2 Å². The summed E-state index contributed by atoms with van der Waals surface area (Å²) in [7, 11) is 0. The van der Waals surface area contributed by atoms with Crippen LogP contribution in [0, 0.1) is 0 Å². The number of aromatic nitrogens is 5. The van der Waals surface area contributed by atoms with Gasteiger partial charge in [0.05, 0.1) is 40.9 Å². The molecule has 5 nitrogen and oxygen atoms in total. The molecule has 0 bridgehead atoms. The van der Waals surface area contributed by atoms with Crippen molar-refractivity contribution in [2.45, 2.75) is 25.7 Å². The van der Waals surface area contributed by atoms with Gasteiger partial charge in [-0.05, 0) is 152 Å². The van der Waals surface area contributed by atoms with E-state index in [1.54, 1.807) is 0 Å². The molecule has 0 saturated carbocycles. The third-order valence-electron chi connectivity index (χ3n) is 15.2. The number of hydrogen-bond donors (Lipinski definition) is 0. The Kier molecular flexibility index (Phi) is 10.7. The average molecular weight is 948 g/mol. The van der Waals surface area contributed by atoms with Gasteiger partial charge < -0.3 is 0 Å². The van der Waals surface area contributed by atoms with E-state index in [2.05, 4.69) is 252 Å². The van der Waals surface area contributed by atoms with Crippen molar-refractivity contribution in [3.8, 4) is 112 Å². The van der Waals surface area contributed by atoms with Crippen LogP contribution in [0.2, 0.25) is 0 Å². The third-order valence-corrected chi connectivity index (χ3v) is 15.2. The van der Waals surface area contributed by atoms with Crippen LogP contribution < -0.4 is 0 Å². The zero-order chi connectivity index (χ0) is 49.0. The van der Waals surface area contributed by atoms with Gasteiger partial charge in [0.1, 0.15) is 0 Å². The molecule has 9 aromatic carbocycles. The number of rotatable bonds is 9. The molecule has 14 rings (SSSR count). The molecule has 0 spiro atoms. The Morgan fingerprint density at radius 1 is 0.257 bits per heavy atom. The van der Waals surface area contributed by atoms with Gasteiger partial charge in [0.25, 0.3) is 0 Å². The molecule has 0 fully saturated rings. The first kappa shape index (κ1) is 43.3. The molecule has 5 heterocycles. The van der Waals surface area contributed by atoms with Crippen LogP contribution in [-0.4, -0.2) is 24.5 Å². The highest BCUT2D eigenvalue weighted by Gasteiger charge is 2.25. The normalized spacial score (nSPS) is 12.4. The summed E-state index contributed by atoms with van der Waals surface area (Å²) in [6.45, 7) is 0. The van der Waals surface area contributed by atoms with Crippen LogP contribution in [0.3, 0.4) is 0 Å². The van der Waals surface area contributed by atoms with Crippen LogP contribution in [0.1, 0.15) is 22.5 Å². The van der Waals surface area contributed by atoms with Gasteiger partial charge in [0.15, 0.2) is 0 Å². The molecule has 0 aliphatic carbocycles. The molecule has 0 saturated heterocycles. The Morgan fingerprint density at radius 2 is 0.649 bits per heavy atom. The molecule has 0 unspecified atom stereocenters. The van der Waals surface area contributed by atoms with Gasteiger partial charge in [-0.25, -0.2) is 9.36 Å². The predicted molar refractivity (Wildman–Crippen MR) is 302 cm³/mol. The monoisotopic (exact) mass is 947 g/mol. The van der Waals surface area contributed by atoms with Crippen LogP contribution in [-0.2, 0) is 25.7 Å². The second kappa shape index (κ2) is 18.3. The molecule has 0 atom stereocenters. The fourth-order valence-electron chi connectivity index (χ4n) is 11.5. The Bertz CT molecular complexity index is 3910. The number of aryl methyl sites for hydroxylation is 2. The molecule has 3 aromatic heterocycles. The van der Waals surface area contributed by atoms with Gasteiger partial charge in [0.2, 0.25) is 0 Å². The zero-order valence-corrected chi connectivity index (χ0v) is 40.7. The number of hydrogen-bond acceptors (Lipinski definition) is 3. The first-order valence-electron chi connectivity index (χ1n) is 25.7. The maximum Gasteiger partial charge on any atom is 0.0702 e. The molecule has 12 aromatic rings. The van der Waals surface area contributed by atoms with Crippen molar-refractivity contribution < 1.29 is 0 Å². The number of para-hydroxylation sites is 2. The summed E-state index contributed by atoms with van der Waals surface area (Å²) in [6, 6.07) is 83.4. The standard InChI is InChI=1S/C69H49N5/c1-2-15-46(16-3-1)47-29-31-48(32-30-47)51-19-14-20-52(39-51)65-36-33-53(43-70-65)57-21-6-7-22-58(57)54-40-55(59-23-8-10-25-61(59)63-44-71-73-66-27-12-4-17-49(66)34-37-68(63)73)42-56(41-54)60-24-9-11-26-62(60)64-45-72-74-67-28-13-5-18-50(67)35-38-69(64)74/h1-33,36,39-45H,34-35,37-38H2. The maximum atomic E-state index is 5.14. The molecule has 0 radical (unpaired) electrons. The molecular weight excluding hydrogens is 899 g/mol. The fraction of sp³-hybridized carbons (Fsp3) is 0.0580. The van der Waals surface area contributed by atoms with Gasteiger partial charge >= 0.3 is 0 Å². The number of fused-ring (bicyclic) bond motifs is 6. The minimum atomic E-state index is 0.925. The maximum absolute atomic E-state index is 5.14. The van der Waals surface area contributed by atoms with Gasteiger partial charge in [-0.15, -0.1) is 0 Å². The lowest BCUT2D eigenvalue weighted by Crippen LogP contribution is -2.13. The number of benzene rings is 9. The molecule has 2 aliphatic heterocycles. The Morgan fingerprint density at radius 3 is 1.18 bits per heavy atom. The largest absolute Gasteiger partial charge is 0.256 e. The smallest absolute Gasteiger partial charge is 0.0702 e. The molecule has 350 valence electrons. The van der Waals surface area contributed by atoms with Crippen LogP contribution in [0.25, 0.3) is 112 Å². The van der Waals surface area contributed by atoms with Crippen molar-refractivity contribution in [2.24, 2.45) is 0 Å². The summed E-state index contributed by atoms with van der Waals surface area (Å²) < 4.78 is 4.32. The quantitative estimate of drug-likeness (QED) is 0.145. The lowest BCUT2D eigenvalue weighted by molar-refractivity contribution is 0.738. The second-order valence-electron chi connectivity index (χ2n) is 19.5. The first-order valence-corrected chi connectivity index (χ1v) is 25.7. The average Bonchev–Trinajstić information content (AvgIpc) is 4.13. The lowest BCUT2D eigenvalue weighted by atomic mass is 9.86. The van der Waals surface area contributed by atoms with E-state index in [0.717, 1.165) is 75.9 Å². The topological polar surface area (TPSA) is 48.5 Å². The van der Waals surface area contributed by atoms with Gasteiger partial charge in [-0.1, -0.05) is 188 Å². The summed E-state index contributed by atoms with van der Waals surface area (Å²) in [5, 5.41) is 10.1. The summed E-state index contributed by atoms with van der Waals surface area (Å²) in [5.74, 6) is 0. The van der Waals surface area contributed by atoms with Crippen molar-refractivity contribution >= 4 is 0 Å². The highest BCUT2D eigenvalue weighted by molar-refractivity contribution is 5.95. The van der Waals surface area contributed by atoms with E-state index < -0.39 is 0 Å². The SMILES string of the molecule is c1ccc(-c2ccc(-c3cccc(-c4ccc(-c5ccccc5-c5cc(-c6ccccc6-c6cnn7c6CCc6ccccc6-7)cc(-c6ccccc6-c6cnn7c6CCc6ccccc6-7)c5)cn4)c3)cc2)cc1. The summed E-state index contributed by atoms with van der Waals surface area (Å²) >= 11 is 0. The molecule has 0 amide bonds. The van der Waals surface area contributed by atoms with Crippen molar-refractivity contribution in [3.63, 3.8) is 0 Å². The van der Waals surface area contributed by atoms with Crippen molar-refractivity contribution in [2.75, 3.05) is 0 Å². The third kappa shape index (κ3) is 7.69. The van der Waals surface area contributed by atoms with E-state index in [1.165, 1.54) is 84.0 Å². The van der Waals surface area contributed by atoms with E-state index >= 15 is 0 Å². The molecular formula is C69H49N5. The first-order chi connectivity index (χ1) is 36.7. The van der Waals surface area contributed by atoms with Crippen molar-refractivity contribution in [1.29, 1.82) is 0 Å². The van der Waals surface area contributed by atoms with Crippen molar-refractivity contribution in [1.82, 2.24) is 24.5 Å². The minimum absolute atomic E-state index is 0.925. The van der Waals surface area contributed by atoms with Crippen LogP contribution in [0.5, 0.6) is 0 Å². The molecule has 5 heteroatoms. The van der Waals surface area contributed by atoms with E-state index in [9.17, 15) is 0 Å². The summed E-state index contributed by atoms with van der Waals surface area (Å²) in [4.78, 5) is 5.14. The second-order valence-corrected chi connectivity index (χ2v) is 19.5. The predicted octanol–water partition coefficient (Wildman–Crippen LogP) is 16.7. The van der Waals surface area contributed by atoms with E-state index in [0.29, 0.717) is 0 Å². The molecule has 74 heavy (non-hydrogen) atoms. The Balaban J connectivity index is 0.876. The fourth-order valence-corrected chi connectivity index (χ4v) is 11.5. The Labute approximate surface area is 431 Å². The molecule has 2 aliphatic rings. The van der Waals surface area contributed by atoms with Gasteiger partial charge in [0, 0.05) is 28.5 Å². The minimum Gasteiger partial charge on any atom is -0.256 e. The lowest BCUT2D eigenvalue weighted by Gasteiger charge is -2.21. The van der Waals surface area contributed by atoms with Crippen LogP contribution in [0.15, 0.2) is 249 Å². The van der Waals surface area contributed by atoms with Gasteiger partial charge in [-0.3, -0.25) is 4.98 Å². The molecule has 0 N–H and O–H groups in total. The van der Waals surface area contributed by atoms with Crippen molar-refractivity contribution in [3.05, 3.63) is 272 Å². The zero-order valence-electron chi connectivity index (χ0n) is 40.7. The summed E-state index contributed by atoms with van der Waals surface area (Å²) in [6.07, 6.45) is 10.0. The number of pyridine rings is 1. The van der Waals surface area contributed by atoms with E-state index in [1.807, 2.05) is 6.20 Å². The van der Waals surface area contributed by atoms with Crippen LogP contribution >= 0.6 is 0 Å². The van der Waals surface area contributed by atoms with Crippen LogP contribution in [0.4, 0.5) is 0 Å². The highest BCUT2D eigenvalue weighted by Crippen LogP contribution is 2.45. The highest BCUT2D eigenvalue weighted by atomic mass is 15.3. The van der Waals surface area contributed by atoms with E-state index in [-0.39, 0.29) is 0 Å². The van der Waals surface area contributed by atoms with Gasteiger partial charge in [-0.2, -0.15) is 10.2 Å². The Hall–Kier alpha value is -9.45. The number of nitrogens with zero attached hydrogens (tertiary/aromatic N) is 5.